The van der Waals surface area contributed by atoms with Crippen molar-refractivity contribution in [3.8, 4) is 0 Å². The zero-order valence-corrected chi connectivity index (χ0v) is 13.4. The second-order valence-electron chi connectivity index (χ2n) is 7.19. The normalized spacial score (nSPS) is 30.8. The molecule has 4 heteroatoms. The van der Waals surface area contributed by atoms with E-state index in [9.17, 15) is 9.90 Å². The van der Waals surface area contributed by atoms with Gasteiger partial charge in [-0.1, -0.05) is 30.3 Å². The minimum atomic E-state index is -0.566. The van der Waals surface area contributed by atoms with Crippen LogP contribution in [0.5, 0.6) is 0 Å². The van der Waals surface area contributed by atoms with Crippen molar-refractivity contribution in [1.29, 1.82) is 0 Å². The van der Waals surface area contributed by atoms with Gasteiger partial charge in [0, 0.05) is 25.7 Å². The van der Waals surface area contributed by atoms with Gasteiger partial charge in [-0.05, 0) is 5.56 Å². The van der Waals surface area contributed by atoms with Crippen molar-refractivity contribution in [2.45, 2.75) is 49.8 Å². The van der Waals surface area contributed by atoms with Crippen LogP contribution in [0.25, 0.3) is 0 Å². The maximum absolute atomic E-state index is 12.5. The van der Waals surface area contributed by atoms with Crippen LogP contribution in [0.15, 0.2) is 30.3 Å². The van der Waals surface area contributed by atoms with Crippen LogP contribution in [0.1, 0.15) is 37.2 Å². The number of quaternary nitrogens is 1. The van der Waals surface area contributed by atoms with Crippen LogP contribution in [0.3, 0.4) is 0 Å². The predicted molar refractivity (Wildman–Crippen MR) is 84.3 cm³/mol. The molecule has 2 saturated heterocycles. The summed E-state index contributed by atoms with van der Waals surface area (Å²) >= 11 is 0. The smallest absolute Gasteiger partial charge is 0.316 e. The monoisotopic (exact) mass is 304 g/mol. The van der Waals surface area contributed by atoms with Crippen molar-refractivity contribution in [2.75, 3.05) is 20.7 Å². The first kappa shape index (κ1) is 15.5. The lowest BCUT2D eigenvalue weighted by molar-refractivity contribution is -0.931. The van der Waals surface area contributed by atoms with Crippen molar-refractivity contribution >= 4 is 5.97 Å². The highest BCUT2D eigenvalue weighted by molar-refractivity contribution is 5.78. The van der Waals surface area contributed by atoms with Gasteiger partial charge in [-0.25, -0.2) is 0 Å². The molecule has 4 atom stereocenters. The predicted octanol–water partition coefficient (Wildman–Crippen LogP) is 2.08. The number of esters is 1. The third kappa shape index (κ3) is 2.77. The van der Waals surface area contributed by atoms with Crippen molar-refractivity contribution in [2.24, 2.45) is 0 Å². The summed E-state index contributed by atoms with van der Waals surface area (Å²) in [6.07, 6.45) is 4.36. The number of fused-ring (bicyclic) bond motifs is 2. The molecule has 0 saturated carbocycles. The lowest BCUT2D eigenvalue weighted by Crippen LogP contribution is -2.56. The first-order valence-corrected chi connectivity index (χ1v) is 8.22. The summed E-state index contributed by atoms with van der Waals surface area (Å²) in [5.41, 5.74) is 0.824. The minimum Gasteiger partial charge on any atom is -0.461 e. The maximum atomic E-state index is 12.5. The van der Waals surface area contributed by atoms with Gasteiger partial charge in [0.1, 0.15) is 12.0 Å². The fourth-order valence-corrected chi connectivity index (χ4v) is 4.17. The number of ether oxygens (including phenoxy) is 1. The van der Waals surface area contributed by atoms with E-state index >= 15 is 0 Å². The number of carbonyl (C=O) groups is 1. The first-order chi connectivity index (χ1) is 10.5. The molecule has 4 nitrogen and oxygen atoms in total. The number of hydrogen-bond donors (Lipinski definition) is 1. The van der Waals surface area contributed by atoms with E-state index in [0.29, 0.717) is 12.1 Å². The third-order valence-electron chi connectivity index (χ3n) is 5.74. The van der Waals surface area contributed by atoms with Gasteiger partial charge in [-0.2, -0.15) is 0 Å². The highest BCUT2D eigenvalue weighted by Gasteiger charge is 2.50. The molecule has 22 heavy (non-hydrogen) atoms. The lowest BCUT2D eigenvalue weighted by Gasteiger charge is -2.44. The fraction of sp³-hybridized carbons (Fsp3) is 0.611. The van der Waals surface area contributed by atoms with E-state index < -0.39 is 5.92 Å². The molecular formula is C18H26NO3+. The standard InChI is InChI=1S/C18H26NO3/c1-19(2)14-8-9-15(19)11-16(10-14)22-18(21)17(12-20)13-6-4-3-5-7-13/h3-7,14-17,20H,8-12H2,1-2H3/q+1/t14-,15?,16?,17?/m0/s1. The van der Waals surface area contributed by atoms with E-state index in [2.05, 4.69) is 14.1 Å². The van der Waals surface area contributed by atoms with Crippen LogP contribution in [0, 0.1) is 0 Å². The summed E-state index contributed by atoms with van der Waals surface area (Å²) in [5, 5.41) is 9.57. The van der Waals surface area contributed by atoms with E-state index in [1.807, 2.05) is 30.3 Å². The Morgan fingerprint density at radius 3 is 2.36 bits per heavy atom. The summed E-state index contributed by atoms with van der Waals surface area (Å²) in [6.45, 7) is -0.204. The summed E-state index contributed by atoms with van der Waals surface area (Å²) in [5.74, 6) is -0.853. The Bertz CT molecular complexity index is 512. The molecular weight excluding hydrogens is 278 g/mol. The largest absolute Gasteiger partial charge is 0.461 e. The molecule has 0 radical (unpaired) electrons. The van der Waals surface area contributed by atoms with Crippen molar-refractivity contribution in [3.63, 3.8) is 0 Å². The van der Waals surface area contributed by atoms with Gasteiger partial charge in [0.2, 0.25) is 0 Å². The fourth-order valence-electron chi connectivity index (χ4n) is 4.17. The Morgan fingerprint density at radius 1 is 1.23 bits per heavy atom. The zero-order chi connectivity index (χ0) is 15.7. The molecule has 1 aromatic carbocycles. The Labute approximate surface area is 132 Å². The molecule has 1 aromatic rings. The molecule has 2 bridgehead atoms. The molecule has 2 aliphatic heterocycles. The average molecular weight is 304 g/mol. The first-order valence-electron chi connectivity index (χ1n) is 8.22. The second kappa shape index (κ2) is 6.01. The number of aliphatic hydroxyl groups is 1. The molecule has 3 unspecified atom stereocenters. The molecule has 0 amide bonds. The van der Waals surface area contributed by atoms with E-state index in [0.717, 1.165) is 22.9 Å². The Balaban J connectivity index is 1.65. The summed E-state index contributed by atoms with van der Waals surface area (Å²) < 4.78 is 6.83. The van der Waals surface area contributed by atoms with Crippen LogP contribution < -0.4 is 0 Å². The SMILES string of the molecule is C[N+]1(C)C2CC[C@H]1CC(OC(=O)C(CO)c1ccccc1)C2. The highest BCUT2D eigenvalue weighted by atomic mass is 16.5. The second-order valence-corrected chi connectivity index (χ2v) is 7.19. The van der Waals surface area contributed by atoms with Gasteiger partial charge >= 0.3 is 5.97 Å². The number of hydrogen-bond acceptors (Lipinski definition) is 3. The number of benzene rings is 1. The number of aliphatic hydroxyl groups excluding tert-OH is 1. The molecule has 1 N–H and O–H groups in total. The van der Waals surface area contributed by atoms with Crippen LogP contribution in [0.2, 0.25) is 0 Å². The van der Waals surface area contributed by atoms with Crippen LogP contribution in [-0.4, -0.2) is 54.4 Å². The lowest BCUT2D eigenvalue weighted by atomic mass is 9.96. The van der Waals surface area contributed by atoms with Gasteiger partial charge in [0.05, 0.1) is 32.8 Å². The van der Waals surface area contributed by atoms with Gasteiger partial charge in [0.15, 0.2) is 0 Å². The van der Waals surface area contributed by atoms with Gasteiger partial charge in [-0.15, -0.1) is 0 Å². The number of nitrogens with zero attached hydrogens (tertiary/aromatic N) is 1. The number of rotatable bonds is 4. The third-order valence-corrected chi connectivity index (χ3v) is 5.74. The summed E-state index contributed by atoms with van der Waals surface area (Å²) in [6, 6.07) is 10.6. The average Bonchev–Trinajstić information content (AvgIpc) is 2.68. The van der Waals surface area contributed by atoms with Gasteiger partial charge < -0.3 is 14.3 Å². The maximum Gasteiger partial charge on any atom is 0.316 e. The van der Waals surface area contributed by atoms with Gasteiger partial charge in [-0.3, -0.25) is 4.79 Å². The Hall–Kier alpha value is -1.39. The molecule has 0 spiro atoms. The molecule has 120 valence electrons. The molecule has 3 rings (SSSR count). The van der Waals surface area contributed by atoms with Crippen molar-refractivity contribution < 1.29 is 19.1 Å². The van der Waals surface area contributed by atoms with Crippen LogP contribution in [-0.2, 0) is 9.53 Å². The van der Waals surface area contributed by atoms with Gasteiger partial charge in [0.25, 0.3) is 0 Å². The Morgan fingerprint density at radius 2 is 1.82 bits per heavy atom. The topological polar surface area (TPSA) is 46.5 Å². The van der Waals surface area contributed by atoms with Crippen LogP contribution in [0.4, 0.5) is 0 Å². The highest BCUT2D eigenvalue weighted by Crippen LogP contribution is 2.40. The van der Waals surface area contributed by atoms with Crippen molar-refractivity contribution in [3.05, 3.63) is 35.9 Å². The van der Waals surface area contributed by atoms with E-state index in [-0.39, 0.29) is 18.7 Å². The van der Waals surface area contributed by atoms with Crippen LogP contribution >= 0.6 is 0 Å². The van der Waals surface area contributed by atoms with Crippen molar-refractivity contribution in [1.82, 2.24) is 0 Å². The summed E-state index contributed by atoms with van der Waals surface area (Å²) in [7, 11) is 4.59. The Kier molecular flexibility index (Phi) is 4.24. The molecule has 0 aliphatic carbocycles. The minimum absolute atomic E-state index is 0.00825. The van der Waals surface area contributed by atoms with E-state index in [4.69, 9.17) is 4.74 Å². The molecule has 2 fully saturated rings. The number of carbonyl (C=O) groups excluding carboxylic acids is 1. The summed E-state index contributed by atoms with van der Waals surface area (Å²) in [4.78, 5) is 12.5. The molecule has 2 heterocycles. The molecule has 0 aromatic heterocycles. The number of piperidine rings is 1. The zero-order valence-electron chi connectivity index (χ0n) is 13.4. The quantitative estimate of drug-likeness (QED) is 0.684. The van der Waals surface area contributed by atoms with E-state index in [1.165, 1.54) is 12.8 Å². The molecule has 2 aliphatic rings. The van der Waals surface area contributed by atoms with E-state index in [1.54, 1.807) is 0 Å².